The van der Waals surface area contributed by atoms with Crippen molar-refractivity contribution in [3.05, 3.63) is 51.9 Å². The molecular formula is C18H20N2O2S2. The third kappa shape index (κ3) is 3.95. The predicted octanol–water partition coefficient (Wildman–Crippen LogP) is 4.65. The monoisotopic (exact) mass is 360 g/mol. The zero-order valence-electron chi connectivity index (χ0n) is 13.4. The molecule has 0 N–H and O–H groups in total. The summed E-state index contributed by atoms with van der Waals surface area (Å²) in [6.07, 6.45) is 4.45. The predicted molar refractivity (Wildman–Crippen MR) is 97.2 cm³/mol. The molecule has 0 radical (unpaired) electrons. The van der Waals surface area contributed by atoms with Gasteiger partial charge in [0.2, 0.25) is 5.89 Å². The fourth-order valence-corrected chi connectivity index (χ4v) is 4.41. The van der Waals surface area contributed by atoms with Crippen LogP contribution in [0.1, 0.15) is 23.4 Å². The number of nitrogens with zero attached hydrogens (tertiary/aromatic N) is 2. The maximum Gasteiger partial charge on any atom is 0.236 e. The van der Waals surface area contributed by atoms with Crippen LogP contribution in [0.5, 0.6) is 0 Å². The minimum atomic E-state index is 0.341. The van der Waals surface area contributed by atoms with Crippen LogP contribution in [0.4, 0.5) is 0 Å². The van der Waals surface area contributed by atoms with E-state index in [1.807, 2.05) is 17.5 Å². The molecule has 0 aliphatic carbocycles. The van der Waals surface area contributed by atoms with Crippen molar-refractivity contribution in [2.24, 2.45) is 0 Å². The fraction of sp³-hybridized carbons (Fsp3) is 0.389. The topological polar surface area (TPSA) is 38.5 Å². The second-order valence-electron chi connectivity index (χ2n) is 6.01. The van der Waals surface area contributed by atoms with Crippen LogP contribution < -0.4 is 0 Å². The van der Waals surface area contributed by atoms with Gasteiger partial charge in [0.25, 0.3) is 0 Å². The van der Waals surface area contributed by atoms with Crippen molar-refractivity contribution < 1.29 is 9.15 Å². The van der Waals surface area contributed by atoms with Gasteiger partial charge in [0.15, 0.2) is 0 Å². The van der Waals surface area contributed by atoms with Gasteiger partial charge in [-0.05, 0) is 35.7 Å². The molecule has 126 valence electrons. The smallest absolute Gasteiger partial charge is 0.236 e. The SMILES string of the molecule is c1csc(CN(Cc2coc(-c3cccs3)n2)CC2CCCO2)c1. The summed E-state index contributed by atoms with van der Waals surface area (Å²) in [5.74, 6) is 0.716. The maximum absolute atomic E-state index is 5.82. The standard InChI is InChI=1S/C18H20N2O2S2/c1-4-15(21-7-1)11-20(12-16-5-2-8-23-16)10-14-13-22-18(19-14)17-6-3-9-24-17/h2-3,5-6,8-9,13,15H,1,4,7,10-12H2. The van der Waals surface area contributed by atoms with Crippen LogP contribution >= 0.6 is 22.7 Å². The van der Waals surface area contributed by atoms with Crippen LogP contribution in [0, 0.1) is 0 Å². The number of hydrogen-bond acceptors (Lipinski definition) is 6. The van der Waals surface area contributed by atoms with Gasteiger partial charge in [-0.1, -0.05) is 12.1 Å². The van der Waals surface area contributed by atoms with Crippen molar-refractivity contribution in [3.8, 4) is 10.8 Å². The first-order chi connectivity index (χ1) is 11.9. The molecular weight excluding hydrogens is 340 g/mol. The number of aromatic nitrogens is 1. The molecule has 1 atom stereocenters. The molecule has 4 rings (SSSR count). The molecule has 0 bridgehead atoms. The first kappa shape index (κ1) is 16.0. The van der Waals surface area contributed by atoms with Crippen LogP contribution in [-0.2, 0) is 17.8 Å². The Morgan fingerprint density at radius 1 is 1.17 bits per heavy atom. The summed E-state index contributed by atoms with van der Waals surface area (Å²) in [4.78, 5) is 9.52. The lowest BCUT2D eigenvalue weighted by Crippen LogP contribution is -2.31. The van der Waals surface area contributed by atoms with E-state index in [0.717, 1.165) is 43.2 Å². The van der Waals surface area contributed by atoms with Crippen molar-refractivity contribution in [3.63, 3.8) is 0 Å². The highest BCUT2D eigenvalue weighted by Crippen LogP contribution is 2.25. The third-order valence-electron chi connectivity index (χ3n) is 4.11. The normalized spacial score (nSPS) is 17.8. The Kier molecular flexibility index (Phi) is 5.08. The molecule has 3 aromatic heterocycles. The highest BCUT2D eigenvalue weighted by atomic mass is 32.1. The first-order valence-electron chi connectivity index (χ1n) is 8.21. The van der Waals surface area contributed by atoms with E-state index in [1.165, 1.54) is 11.3 Å². The van der Waals surface area contributed by atoms with Gasteiger partial charge in [-0.25, -0.2) is 4.98 Å². The van der Waals surface area contributed by atoms with Gasteiger partial charge in [0.1, 0.15) is 6.26 Å². The summed E-state index contributed by atoms with van der Waals surface area (Å²) in [5, 5.41) is 4.17. The molecule has 1 aliphatic rings. The molecule has 0 saturated carbocycles. The minimum Gasteiger partial charge on any atom is -0.444 e. The van der Waals surface area contributed by atoms with E-state index in [-0.39, 0.29) is 0 Å². The largest absolute Gasteiger partial charge is 0.444 e. The molecule has 1 fully saturated rings. The van der Waals surface area contributed by atoms with E-state index in [1.54, 1.807) is 28.9 Å². The highest BCUT2D eigenvalue weighted by molar-refractivity contribution is 7.13. The van der Waals surface area contributed by atoms with Crippen molar-refractivity contribution in [1.82, 2.24) is 9.88 Å². The average molecular weight is 361 g/mol. The van der Waals surface area contributed by atoms with Crippen molar-refractivity contribution in [2.45, 2.75) is 32.0 Å². The van der Waals surface area contributed by atoms with E-state index in [0.29, 0.717) is 12.0 Å². The Bertz CT molecular complexity index is 731. The van der Waals surface area contributed by atoms with Crippen LogP contribution in [0.3, 0.4) is 0 Å². The van der Waals surface area contributed by atoms with Gasteiger partial charge in [-0.2, -0.15) is 0 Å². The van der Waals surface area contributed by atoms with E-state index >= 15 is 0 Å². The van der Waals surface area contributed by atoms with Gasteiger partial charge < -0.3 is 9.15 Å². The first-order valence-corrected chi connectivity index (χ1v) is 9.97. The molecule has 1 saturated heterocycles. The highest BCUT2D eigenvalue weighted by Gasteiger charge is 2.21. The summed E-state index contributed by atoms with van der Waals surface area (Å²) in [6.45, 7) is 3.55. The number of oxazole rings is 1. The second kappa shape index (κ2) is 7.61. The van der Waals surface area contributed by atoms with Gasteiger partial charge >= 0.3 is 0 Å². The zero-order chi connectivity index (χ0) is 16.2. The molecule has 4 nitrogen and oxygen atoms in total. The van der Waals surface area contributed by atoms with Crippen LogP contribution in [-0.4, -0.2) is 29.1 Å². The molecule has 0 spiro atoms. The molecule has 24 heavy (non-hydrogen) atoms. The summed E-state index contributed by atoms with van der Waals surface area (Å²) < 4.78 is 11.5. The zero-order valence-corrected chi connectivity index (χ0v) is 15.0. The molecule has 3 aromatic rings. The van der Waals surface area contributed by atoms with E-state index in [9.17, 15) is 0 Å². The molecule has 1 unspecified atom stereocenters. The average Bonchev–Trinajstić information content (AvgIpc) is 3.37. The Morgan fingerprint density at radius 3 is 2.83 bits per heavy atom. The van der Waals surface area contributed by atoms with Crippen molar-refractivity contribution in [1.29, 1.82) is 0 Å². The maximum atomic E-state index is 5.82. The Hall–Kier alpha value is -1.47. The van der Waals surface area contributed by atoms with Crippen molar-refractivity contribution >= 4 is 22.7 Å². The van der Waals surface area contributed by atoms with Crippen molar-refractivity contribution in [2.75, 3.05) is 13.2 Å². The molecule has 0 aromatic carbocycles. The minimum absolute atomic E-state index is 0.341. The number of rotatable bonds is 7. The quantitative estimate of drug-likeness (QED) is 0.615. The second-order valence-corrected chi connectivity index (χ2v) is 7.99. The molecule has 6 heteroatoms. The van der Waals surface area contributed by atoms with E-state index < -0.39 is 0 Å². The Morgan fingerprint density at radius 2 is 2.08 bits per heavy atom. The lowest BCUT2D eigenvalue weighted by molar-refractivity contribution is 0.0678. The van der Waals surface area contributed by atoms with E-state index in [4.69, 9.17) is 9.15 Å². The van der Waals surface area contributed by atoms with Gasteiger partial charge in [0.05, 0.1) is 16.7 Å². The summed E-state index contributed by atoms with van der Waals surface area (Å²) in [6, 6.07) is 8.35. The van der Waals surface area contributed by atoms with Crippen LogP contribution in [0.2, 0.25) is 0 Å². The van der Waals surface area contributed by atoms with Gasteiger partial charge in [-0.15, -0.1) is 22.7 Å². The number of thiophene rings is 2. The lowest BCUT2D eigenvalue weighted by atomic mass is 10.2. The molecule has 4 heterocycles. The van der Waals surface area contributed by atoms with Crippen LogP contribution in [0.25, 0.3) is 10.8 Å². The Balaban J connectivity index is 1.46. The third-order valence-corrected chi connectivity index (χ3v) is 5.83. The molecule has 0 amide bonds. The van der Waals surface area contributed by atoms with Gasteiger partial charge in [0, 0.05) is 31.1 Å². The summed E-state index contributed by atoms with van der Waals surface area (Å²) >= 11 is 3.45. The molecule has 1 aliphatic heterocycles. The summed E-state index contributed by atoms with van der Waals surface area (Å²) in [5.41, 5.74) is 0.980. The number of ether oxygens (including phenoxy) is 1. The van der Waals surface area contributed by atoms with E-state index in [2.05, 4.69) is 27.4 Å². The van der Waals surface area contributed by atoms with Crippen LogP contribution in [0.15, 0.2) is 45.7 Å². The Labute approximate surface area is 149 Å². The summed E-state index contributed by atoms with van der Waals surface area (Å²) in [7, 11) is 0. The fourth-order valence-electron chi connectivity index (χ4n) is 3.01. The van der Waals surface area contributed by atoms with Gasteiger partial charge in [-0.3, -0.25) is 4.90 Å². The lowest BCUT2D eigenvalue weighted by Gasteiger charge is -2.23. The number of hydrogen-bond donors (Lipinski definition) is 0.